The van der Waals surface area contributed by atoms with E-state index in [1.165, 1.54) is 0 Å². The predicted molar refractivity (Wildman–Crippen MR) is 72.8 cm³/mol. The molecule has 4 nitrogen and oxygen atoms in total. The summed E-state index contributed by atoms with van der Waals surface area (Å²) < 4.78 is 1.65. The van der Waals surface area contributed by atoms with E-state index in [2.05, 4.69) is 10.3 Å². The molecule has 0 spiro atoms. The van der Waals surface area contributed by atoms with Gasteiger partial charge in [0.05, 0.1) is 26.4 Å². The van der Waals surface area contributed by atoms with Crippen LogP contribution < -0.4 is 5.73 Å². The summed E-state index contributed by atoms with van der Waals surface area (Å²) in [4.78, 5) is 0. The van der Waals surface area contributed by atoms with Crippen LogP contribution in [-0.2, 0) is 0 Å². The van der Waals surface area contributed by atoms with Crippen LogP contribution in [0.2, 0.25) is 15.1 Å². The first-order valence-electron chi connectivity index (χ1n) is 5.44. The van der Waals surface area contributed by atoms with E-state index in [0.717, 1.165) is 18.5 Å². The number of nitrogens with zero attached hydrogens (tertiary/aromatic N) is 3. The molecule has 1 saturated carbocycles. The molecule has 0 amide bonds. The smallest absolute Gasteiger partial charge is 0.169 e. The van der Waals surface area contributed by atoms with E-state index in [-0.39, 0.29) is 0 Å². The molecule has 1 aromatic carbocycles. The molecule has 3 rings (SSSR count). The van der Waals surface area contributed by atoms with Gasteiger partial charge >= 0.3 is 0 Å². The quantitative estimate of drug-likeness (QED) is 0.861. The van der Waals surface area contributed by atoms with Crippen LogP contribution >= 0.6 is 34.8 Å². The van der Waals surface area contributed by atoms with E-state index in [0.29, 0.717) is 32.5 Å². The number of anilines is 1. The topological polar surface area (TPSA) is 56.7 Å². The minimum atomic E-state index is 0.408. The van der Waals surface area contributed by atoms with Gasteiger partial charge in [-0.25, -0.2) is 4.68 Å². The average Bonchev–Trinajstić information content (AvgIpc) is 3.08. The molecule has 0 aliphatic heterocycles. The number of hydrogen-bond acceptors (Lipinski definition) is 3. The summed E-state index contributed by atoms with van der Waals surface area (Å²) in [5.74, 6) is 0.852. The lowest BCUT2D eigenvalue weighted by Crippen LogP contribution is -2.03. The van der Waals surface area contributed by atoms with Gasteiger partial charge in [0, 0.05) is 5.92 Å². The molecule has 0 atom stereocenters. The van der Waals surface area contributed by atoms with Crippen LogP contribution in [-0.4, -0.2) is 15.0 Å². The molecule has 2 N–H and O–H groups in total. The molecule has 1 aliphatic rings. The fraction of sp³-hybridized carbons (Fsp3) is 0.273. The zero-order valence-corrected chi connectivity index (χ0v) is 11.5. The van der Waals surface area contributed by atoms with Crippen LogP contribution in [0.25, 0.3) is 5.69 Å². The number of halogens is 3. The van der Waals surface area contributed by atoms with Crippen molar-refractivity contribution in [2.45, 2.75) is 18.8 Å². The Balaban J connectivity index is 2.18. The number of aromatic nitrogens is 3. The van der Waals surface area contributed by atoms with Crippen molar-refractivity contribution in [1.82, 2.24) is 15.0 Å². The predicted octanol–water partition coefficient (Wildman–Crippen LogP) is 3.69. The molecule has 0 saturated heterocycles. The van der Waals surface area contributed by atoms with Crippen molar-refractivity contribution < 1.29 is 0 Å². The van der Waals surface area contributed by atoms with Gasteiger partial charge in [0.2, 0.25) is 0 Å². The van der Waals surface area contributed by atoms with Gasteiger partial charge in [-0.05, 0) is 25.0 Å². The van der Waals surface area contributed by atoms with E-state index < -0.39 is 0 Å². The van der Waals surface area contributed by atoms with Gasteiger partial charge in [0.1, 0.15) is 0 Å². The molecule has 1 aromatic heterocycles. The molecular weight excluding hydrogens is 295 g/mol. The van der Waals surface area contributed by atoms with Crippen molar-refractivity contribution in [2.75, 3.05) is 5.73 Å². The Hall–Kier alpha value is -0.970. The van der Waals surface area contributed by atoms with Crippen LogP contribution in [0.15, 0.2) is 12.1 Å². The molecular formula is C11H9Cl3N4. The van der Waals surface area contributed by atoms with Gasteiger partial charge in [0.25, 0.3) is 0 Å². The fourth-order valence-corrected chi connectivity index (χ4v) is 2.51. The second-order valence-corrected chi connectivity index (χ2v) is 5.49. The third kappa shape index (κ3) is 1.94. The Labute approximate surface area is 119 Å². The minimum absolute atomic E-state index is 0.408. The highest BCUT2D eigenvalue weighted by Gasteiger charge is 2.31. The van der Waals surface area contributed by atoms with E-state index in [9.17, 15) is 0 Å². The zero-order valence-electron chi connectivity index (χ0n) is 9.20. The average molecular weight is 304 g/mol. The van der Waals surface area contributed by atoms with Crippen LogP contribution in [0.1, 0.15) is 24.5 Å². The molecule has 1 heterocycles. The minimum Gasteiger partial charge on any atom is -0.381 e. The van der Waals surface area contributed by atoms with Crippen LogP contribution in [0.4, 0.5) is 5.82 Å². The molecule has 0 radical (unpaired) electrons. The lowest BCUT2D eigenvalue weighted by Gasteiger charge is -2.09. The molecule has 2 aromatic rings. The number of nitrogen functional groups attached to an aromatic ring is 1. The Morgan fingerprint density at radius 3 is 2.44 bits per heavy atom. The zero-order chi connectivity index (χ0) is 12.9. The van der Waals surface area contributed by atoms with Gasteiger partial charge in [-0.2, -0.15) is 0 Å². The highest BCUT2D eigenvalue weighted by molar-refractivity contribution is 6.43. The molecule has 0 bridgehead atoms. The monoisotopic (exact) mass is 302 g/mol. The Morgan fingerprint density at radius 2 is 1.78 bits per heavy atom. The summed E-state index contributed by atoms with van der Waals surface area (Å²) in [7, 11) is 0. The van der Waals surface area contributed by atoms with Crippen molar-refractivity contribution in [3.05, 3.63) is 32.9 Å². The first-order chi connectivity index (χ1) is 8.58. The Kier molecular flexibility index (Phi) is 2.88. The molecule has 1 fully saturated rings. The summed E-state index contributed by atoms with van der Waals surface area (Å²) in [5, 5.41) is 9.24. The normalized spacial score (nSPS) is 15.1. The van der Waals surface area contributed by atoms with Crippen molar-refractivity contribution in [3.63, 3.8) is 0 Å². The molecule has 7 heteroatoms. The number of hydrogen-bond donors (Lipinski definition) is 1. The van der Waals surface area contributed by atoms with Crippen molar-refractivity contribution in [1.29, 1.82) is 0 Å². The van der Waals surface area contributed by atoms with Crippen molar-refractivity contribution in [2.24, 2.45) is 0 Å². The highest BCUT2D eigenvalue weighted by atomic mass is 35.5. The maximum Gasteiger partial charge on any atom is 0.169 e. The fourth-order valence-electron chi connectivity index (χ4n) is 1.89. The highest BCUT2D eigenvalue weighted by Crippen LogP contribution is 2.43. The van der Waals surface area contributed by atoms with Gasteiger partial charge in [-0.1, -0.05) is 40.0 Å². The molecule has 1 aliphatic carbocycles. The largest absolute Gasteiger partial charge is 0.381 e. The van der Waals surface area contributed by atoms with E-state index in [4.69, 9.17) is 40.5 Å². The first kappa shape index (κ1) is 12.1. The standard InChI is InChI=1S/C11H9Cl3N4/c12-6-3-8(14)9(4-7(6)13)18-10(5-1-2-5)11(15)16-17-18/h3-5H,1-2,15H2. The molecule has 94 valence electrons. The second kappa shape index (κ2) is 4.30. The van der Waals surface area contributed by atoms with E-state index in [1.54, 1.807) is 16.8 Å². The van der Waals surface area contributed by atoms with Gasteiger partial charge in [-0.3, -0.25) is 0 Å². The summed E-state index contributed by atoms with van der Waals surface area (Å²) in [6, 6.07) is 3.27. The van der Waals surface area contributed by atoms with Crippen LogP contribution in [0, 0.1) is 0 Å². The maximum absolute atomic E-state index is 6.17. The molecule has 0 unspecified atom stereocenters. The lowest BCUT2D eigenvalue weighted by molar-refractivity contribution is 0.764. The van der Waals surface area contributed by atoms with Crippen LogP contribution in [0.5, 0.6) is 0 Å². The van der Waals surface area contributed by atoms with E-state index >= 15 is 0 Å². The van der Waals surface area contributed by atoms with Gasteiger partial charge in [0.15, 0.2) is 5.82 Å². The summed E-state index contributed by atoms with van der Waals surface area (Å²) in [5.41, 5.74) is 7.39. The lowest BCUT2D eigenvalue weighted by atomic mass is 10.2. The Morgan fingerprint density at radius 1 is 1.11 bits per heavy atom. The molecule has 18 heavy (non-hydrogen) atoms. The number of nitrogens with two attached hydrogens (primary N) is 1. The van der Waals surface area contributed by atoms with Crippen molar-refractivity contribution >= 4 is 40.6 Å². The number of rotatable bonds is 2. The SMILES string of the molecule is Nc1nnn(-c2cc(Cl)c(Cl)cc2Cl)c1C1CC1. The van der Waals surface area contributed by atoms with Gasteiger partial charge < -0.3 is 5.73 Å². The summed E-state index contributed by atoms with van der Waals surface area (Å²) in [6.45, 7) is 0. The third-order valence-electron chi connectivity index (χ3n) is 2.91. The first-order valence-corrected chi connectivity index (χ1v) is 6.57. The summed E-state index contributed by atoms with van der Waals surface area (Å²) >= 11 is 18.1. The maximum atomic E-state index is 6.17. The summed E-state index contributed by atoms with van der Waals surface area (Å²) in [6.07, 6.45) is 2.19. The van der Waals surface area contributed by atoms with E-state index in [1.807, 2.05) is 0 Å². The third-order valence-corrected chi connectivity index (χ3v) is 3.94. The number of benzene rings is 1. The Bertz CT molecular complexity index is 619. The van der Waals surface area contributed by atoms with Crippen molar-refractivity contribution in [3.8, 4) is 5.69 Å². The second-order valence-electron chi connectivity index (χ2n) is 4.26. The van der Waals surface area contributed by atoms with Crippen LogP contribution in [0.3, 0.4) is 0 Å². The van der Waals surface area contributed by atoms with Gasteiger partial charge in [-0.15, -0.1) is 5.10 Å².